The SMILES string of the molecule is c1ccc2cc3cc(-c4cc(-c5cccc6c5ccc5ccccc56)nc(-c5ccncn5)n4)ccc3cc2c1. The predicted octanol–water partition coefficient (Wildman–Crippen LogP) is 8.88. The van der Waals surface area contributed by atoms with E-state index in [9.17, 15) is 0 Å². The fourth-order valence-electron chi connectivity index (χ4n) is 5.63. The van der Waals surface area contributed by atoms with E-state index >= 15 is 0 Å². The summed E-state index contributed by atoms with van der Waals surface area (Å²) in [5.74, 6) is 0.575. The molecule has 0 amide bonds. The van der Waals surface area contributed by atoms with Gasteiger partial charge in [0.2, 0.25) is 0 Å². The van der Waals surface area contributed by atoms with E-state index < -0.39 is 0 Å². The van der Waals surface area contributed by atoms with E-state index in [-0.39, 0.29) is 0 Å². The zero-order valence-electron chi connectivity index (χ0n) is 21.5. The van der Waals surface area contributed by atoms with E-state index in [1.54, 1.807) is 6.20 Å². The number of hydrogen-bond donors (Lipinski definition) is 0. The van der Waals surface area contributed by atoms with Crippen LogP contribution >= 0.6 is 0 Å². The highest BCUT2D eigenvalue weighted by molar-refractivity contribution is 6.12. The van der Waals surface area contributed by atoms with Crippen molar-refractivity contribution < 1.29 is 0 Å². The van der Waals surface area contributed by atoms with Crippen LogP contribution in [0.15, 0.2) is 134 Å². The molecule has 0 aliphatic rings. The first kappa shape index (κ1) is 22.5. The van der Waals surface area contributed by atoms with E-state index in [1.165, 1.54) is 44.0 Å². The van der Waals surface area contributed by atoms with Gasteiger partial charge >= 0.3 is 0 Å². The topological polar surface area (TPSA) is 51.6 Å². The molecular weight excluding hydrogens is 488 g/mol. The molecule has 4 nitrogen and oxygen atoms in total. The van der Waals surface area contributed by atoms with Crippen LogP contribution in [0.1, 0.15) is 0 Å². The summed E-state index contributed by atoms with van der Waals surface area (Å²) in [6.07, 6.45) is 3.26. The third-order valence-electron chi connectivity index (χ3n) is 7.60. The third kappa shape index (κ3) is 3.77. The minimum Gasteiger partial charge on any atom is -0.245 e. The fraction of sp³-hybridized carbons (Fsp3) is 0. The molecule has 8 aromatic rings. The van der Waals surface area contributed by atoms with Crippen molar-refractivity contribution in [1.82, 2.24) is 19.9 Å². The van der Waals surface area contributed by atoms with Gasteiger partial charge in [0.05, 0.1) is 11.4 Å². The lowest BCUT2D eigenvalue weighted by molar-refractivity contribution is 1.11. The molecule has 186 valence electrons. The number of nitrogens with zero attached hydrogens (tertiary/aromatic N) is 4. The Morgan fingerprint density at radius 3 is 2.00 bits per heavy atom. The Morgan fingerprint density at radius 2 is 1.15 bits per heavy atom. The van der Waals surface area contributed by atoms with Crippen molar-refractivity contribution in [2.24, 2.45) is 0 Å². The van der Waals surface area contributed by atoms with Crippen molar-refractivity contribution in [3.63, 3.8) is 0 Å². The van der Waals surface area contributed by atoms with Gasteiger partial charge in [-0.2, -0.15) is 0 Å². The van der Waals surface area contributed by atoms with Crippen LogP contribution in [0, 0.1) is 0 Å². The lowest BCUT2D eigenvalue weighted by Crippen LogP contribution is -1.98. The van der Waals surface area contributed by atoms with Crippen LogP contribution in [0.4, 0.5) is 0 Å². The van der Waals surface area contributed by atoms with Crippen molar-refractivity contribution in [3.05, 3.63) is 134 Å². The zero-order chi connectivity index (χ0) is 26.5. The second-order valence-corrected chi connectivity index (χ2v) is 10.0. The van der Waals surface area contributed by atoms with Gasteiger partial charge in [0, 0.05) is 17.3 Å². The van der Waals surface area contributed by atoms with Gasteiger partial charge in [0.1, 0.15) is 12.0 Å². The standard InChI is InChI=1S/C36H22N4/c1-2-8-25-19-28-20-27(13-12-26(28)18-24(25)7-1)34-21-35(40-36(39-34)33-16-17-37-22-38-33)32-11-5-10-30-29-9-4-3-6-23(29)14-15-31(30)32/h1-22H. The average Bonchev–Trinajstić information content (AvgIpc) is 3.03. The van der Waals surface area contributed by atoms with Crippen molar-refractivity contribution >= 4 is 43.1 Å². The molecule has 0 atom stereocenters. The Labute approximate surface area is 230 Å². The van der Waals surface area contributed by atoms with Crippen molar-refractivity contribution in [1.29, 1.82) is 0 Å². The molecule has 0 spiro atoms. The maximum atomic E-state index is 5.03. The second kappa shape index (κ2) is 9.07. The highest BCUT2D eigenvalue weighted by Gasteiger charge is 2.14. The molecule has 8 rings (SSSR count). The van der Waals surface area contributed by atoms with E-state index in [1.807, 2.05) is 6.07 Å². The quantitative estimate of drug-likeness (QED) is 0.176. The summed E-state index contributed by atoms with van der Waals surface area (Å²) in [5.41, 5.74) is 4.50. The molecule has 0 bridgehead atoms. The minimum atomic E-state index is 0.575. The number of fused-ring (bicyclic) bond motifs is 5. The van der Waals surface area contributed by atoms with Gasteiger partial charge in [-0.1, -0.05) is 91.0 Å². The highest BCUT2D eigenvalue weighted by Crippen LogP contribution is 2.35. The van der Waals surface area contributed by atoms with Gasteiger partial charge in [0.25, 0.3) is 0 Å². The summed E-state index contributed by atoms with van der Waals surface area (Å²) < 4.78 is 0. The summed E-state index contributed by atoms with van der Waals surface area (Å²) in [7, 11) is 0. The highest BCUT2D eigenvalue weighted by atomic mass is 14.9. The fourth-order valence-corrected chi connectivity index (χ4v) is 5.63. The van der Waals surface area contributed by atoms with E-state index in [2.05, 4.69) is 125 Å². The molecule has 2 heterocycles. The first-order chi connectivity index (χ1) is 19.8. The van der Waals surface area contributed by atoms with Crippen LogP contribution in [-0.4, -0.2) is 19.9 Å². The van der Waals surface area contributed by atoms with Crippen LogP contribution in [0.2, 0.25) is 0 Å². The van der Waals surface area contributed by atoms with Gasteiger partial charge in [-0.3, -0.25) is 0 Å². The normalized spacial score (nSPS) is 11.5. The summed E-state index contributed by atoms with van der Waals surface area (Å²) >= 11 is 0. The van der Waals surface area contributed by atoms with Gasteiger partial charge in [-0.25, -0.2) is 19.9 Å². The van der Waals surface area contributed by atoms with E-state index in [4.69, 9.17) is 9.97 Å². The summed E-state index contributed by atoms with van der Waals surface area (Å²) in [6.45, 7) is 0. The van der Waals surface area contributed by atoms with Gasteiger partial charge in [-0.15, -0.1) is 0 Å². The van der Waals surface area contributed by atoms with Crippen molar-refractivity contribution in [2.75, 3.05) is 0 Å². The van der Waals surface area contributed by atoms with Crippen LogP contribution in [0.25, 0.3) is 77.1 Å². The molecule has 0 N–H and O–H groups in total. The Morgan fingerprint density at radius 1 is 0.425 bits per heavy atom. The van der Waals surface area contributed by atoms with Crippen molar-refractivity contribution in [3.8, 4) is 34.0 Å². The molecule has 40 heavy (non-hydrogen) atoms. The molecule has 0 aliphatic heterocycles. The molecule has 0 aliphatic carbocycles. The molecule has 2 aromatic heterocycles. The van der Waals surface area contributed by atoms with Crippen LogP contribution in [0.5, 0.6) is 0 Å². The predicted molar refractivity (Wildman–Crippen MR) is 164 cm³/mol. The molecule has 0 saturated carbocycles. The maximum absolute atomic E-state index is 5.03. The first-order valence-electron chi connectivity index (χ1n) is 13.3. The lowest BCUT2D eigenvalue weighted by atomic mass is 9.96. The Hall–Kier alpha value is -5.48. The number of hydrogen-bond acceptors (Lipinski definition) is 4. The number of benzene rings is 6. The maximum Gasteiger partial charge on any atom is 0.179 e. The molecule has 0 saturated heterocycles. The van der Waals surface area contributed by atoms with Gasteiger partial charge < -0.3 is 0 Å². The second-order valence-electron chi connectivity index (χ2n) is 10.0. The first-order valence-corrected chi connectivity index (χ1v) is 13.3. The lowest BCUT2D eigenvalue weighted by Gasteiger charge is -2.12. The summed E-state index contributed by atoms with van der Waals surface area (Å²) in [4.78, 5) is 18.6. The molecule has 0 unspecified atom stereocenters. The number of aromatic nitrogens is 4. The van der Waals surface area contributed by atoms with Gasteiger partial charge in [-0.05, 0) is 73.4 Å². The van der Waals surface area contributed by atoms with Crippen LogP contribution in [0.3, 0.4) is 0 Å². The van der Waals surface area contributed by atoms with Gasteiger partial charge in [0.15, 0.2) is 5.82 Å². The monoisotopic (exact) mass is 510 g/mol. The average molecular weight is 511 g/mol. The summed E-state index contributed by atoms with van der Waals surface area (Å²) in [6, 6.07) is 42.7. The third-order valence-corrected chi connectivity index (χ3v) is 7.60. The molecular formula is C36H22N4. The van der Waals surface area contributed by atoms with E-state index in [0.717, 1.165) is 27.9 Å². The van der Waals surface area contributed by atoms with E-state index in [0.29, 0.717) is 11.5 Å². The van der Waals surface area contributed by atoms with Crippen LogP contribution < -0.4 is 0 Å². The molecule has 0 radical (unpaired) electrons. The smallest absolute Gasteiger partial charge is 0.179 e. The molecule has 6 aromatic carbocycles. The zero-order valence-corrected chi connectivity index (χ0v) is 21.5. The minimum absolute atomic E-state index is 0.575. The molecule has 0 fully saturated rings. The Kier molecular flexibility index (Phi) is 5.10. The van der Waals surface area contributed by atoms with Crippen LogP contribution in [-0.2, 0) is 0 Å². The largest absolute Gasteiger partial charge is 0.245 e. The Balaban J connectivity index is 1.36. The summed E-state index contributed by atoms with van der Waals surface area (Å²) in [5, 5.41) is 9.66. The Bertz CT molecular complexity index is 2220. The van der Waals surface area contributed by atoms with Crippen molar-refractivity contribution in [2.45, 2.75) is 0 Å². The number of rotatable bonds is 3. The molecule has 4 heteroatoms.